The number of aryl methyl sites for hydroxylation is 1. The van der Waals surface area contributed by atoms with E-state index in [1.807, 2.05) is 19.1 Å². The summed E-state index contributed by atoms with van der Waals surface area (Å²) in [6.07, 6.45) is 6.12. The summed E-state index contributed by atoms with van der Waals surface area (Å²) in [6.45, 7) is 4.09. The smallest absolute Gasteiger partial charge is 0.149 e. The first-order valence-corrected chi connectivity index (χ1v) is 9.00. The highest BCUT2D eigenvalue weighted by Crippen LogP contribution is 2.13. The van der Waals surface area contributed by atoms with Gasteiger partial charge in [-0.25, -0.2) is 8.42 Å². The van der Waals surface area contributed by atoms with E-state index in [4.69, 9.17) is 0 Å². The Bertz CT molecular complexity index is 465. The third kappa shape index (κ3) is 7.21. The van der Waals surface area contributed by atoms with Gasteiger partial charge in [0.05, 0.1) is 5.75 Å². The Morgan fingerprint density at radius 1 is 1.16 bits per heavy atom. The standard InChI is InChI=1S/C15H25NO2S/c1-4-5-6-7-14-8-10-15(11-9-14)16-13(2)12-19(3,17)18/h8-11,13,16H,4-7,12H2,1-3H3. The molecule has 108 valence electrons. The molecule has 0 spiro atoms. The molecule has 1 atom stereocenters. The maximum Gasteiger partial charge on any atom is 0.149 e. The van der Waals surface area contributed by atoms with Crippen molar-refractivity contribution >= 4 is 15.5 Å². The van der Waals surface area contributed by atoms with Crippen molar-refractivity contribution in [2.75, 3.05) is 17.3 Å². The zero-order valence-corrected chi connectivity index (χ0v) is 13.0. The maximum atomic E-state index is 11.2. The van der Waals surface area contributed by atoms with Gasteiger partial charge in [-0.2, -0.15) is 0 Å². The van der Waals surface area contributed by atoms with Gasteiger partial charge in [0.25, 0.3) is 0 Å². The number of unbranched alkanes of at least 4 members (excludes halogenated alkanes) is 2. The maximum absolute atomic E-state index is 11.2. The SMILES string of the molecule is CCCCCc1ccc(NC(C)CS(C)(=O)=O)cc1. The topological polar surface area (TPSA) is 46.2 Å². The highest BCUT2D eigenvalue weighted by molar-refractivity contribution is 7.90. The summed E-state index contributed by atoms with van der Waals surface area (Å²) in [6, 6.07) is 8.22. The van der Waals surface area contributed by atoms with Crippen molar-refractivity contribution in [3.63, 3.8) is 0 Å². The Labute approximate surface area is 117 Å². The van der Waals surface area contributed by atoms with Crippen molar-refractivity contribution in [2.24, 2.45) is 0 Å². The summed E-state index contributed by atoms with van der Waals surface area (Å²) in [5, 5.41) is 3.21. The number of anilines is 1. The molecule has 0 radical (unpaired) electrons. The molecule has 0 aliphatic heterocycles. The lowest BCUT2D eigenvalue weighted by Gasteiger charge is -2.14. The fraction of sp³-hybridized carbons (Fsp3) is 0.600. The number of hydrogen-bond donors (Lipinski definition) is 1. The average molecular weight is 283 g/mol. The molecule has 0 aromatic heterocycles. The summed E-state index contributed by atoms with van der Waals surface area (Å²) >= 11 is 0. The van der Waals surface area contributed by atoms with E-state index in [1.165, 1.54) is 31.1 Å². The van der Waals surface area contributed by atoms with Crippen LogP contribution >= 0.6 is 0 Å². The van der Waals surface area contributed by atoms with E-state index in [2.05, 4.69) is 24.4 Å². The predicted molar refractivity (Wildman–Crippen MR) is 82.5 cm³/mol. The van der Waals surface area contributed by atoms with Crippen LogP contribution in [0.3, 0.4) is 0 Å². The predicted octanol–water partition coefficient (Wildman–Crippen LogP) is 3.26. The number of rotatable bonds is 8. The first-order valence-electron chi connectivity index (χ1n) is 6.94. The fourth-order valence-corrected chi connectivity index (χ4v) is 3.12. The van der Waals surface area contributed by atoms with Crippen molar-refractivity contribution < 1.29 is 8.42 Å². The van der Waals surface area contributed by atoms with Crippen LogP contribution in [0.15, 0.2) is 24.3 Å². The zero-order chi connectivity index (χ0) is 14.3. The number of nitrogens with one attached hydrogen (secondary N) is 1. The summed E-state index contributed by atoms with van der Waals surface area (Å²) in [5.41, 5.74) is 2.32. The van der Waals surface area contributed by atoms with E-state index in [0.29, 0.717) is 0 Å². The van der Waals surface area contributed by atoms with Crippen LogP contribution in [-0.2, 0) is 16.3 Å². The van der Waals surface area contributed by atoms with Crippen molar-refractivity contribution in [2.45, 2.75) is 45.6 Å². The number of hydrogen-bond acceptors (Lipinski definition) is 3. The van der Waals surface area contributed by atoms with Gasteiger partial charge in [0, 0.05) is 18.0 Å². The van der Waals surface area contributed by atoms with E-state index in [0.717, 1.165) is 12.1 Å². The van der Waals surface area contributed by atoms with E-state index < -0.39 is 9.84 Å². The van der Waals surface area contributed by atoms with Gasteiger partial charge in [-0.05, 0) is 37.5 Å². The van der Waals surface area contributed by atoms with E-state index in [9.17, 15) is 8.42 Å². The normalized spacial score (nSPS) is 13.2. The Kier molecular flexibility index (Phi) is 6.35. The van der Waals surface area contributed by atoms with E-state index >= 15 is 0 Å². The monoisotopic (exact) mass is 283 g/mol. The lowest BCUT2D eigenvalue weighted by Crippen LogP contribution is -2.24. The Balaban J connectivity index is 2.47. The number of sulfone groups is 1. The second-order valence-corrected chi connectivity index (χ2v) is 7.48. The lowest BCUT2D eigenvalue weighted by molar-refractivity contribution is 0.598. The third-order valence-electron chi connectivity index (χ3n) is 2.99. The molecular weight excluding hydrogens is 258 g/mol. The molecule has 1 aromatic rings. The molecule has 0 fully saturated rings. The van der Waals surface area contributed by atoms with Crippen LogP contribution in [0.1, 0.15) is 38.7 Å². The average Bonchev–Trinajstić information content (AvgIpc) is 2.29. The molecule has 3 nitrogen and oxygen atoms in total. The van der Waals surface area contributed by atoms with Gasteiger partial charge in [0.1, 0.15) is 9.84 Å². The summed E-state index contributed by atoms with van der Waals surface area (Å²) in [4.78, 5) is 0. The fourth-order valence-electron chi connectivity index (χ4n) is 2.13. The summed E-state index contributed by atoms with van der Waals surface area (Å²) in [7, 11) is -2.93. The molecule has 4 heteroatoms. The van der Waals surface area contributed by atoms with Gasteiger partial charge in [-0.15, -0.1) is 0 Å². The molecule has 0 heterocycles. The van der Waals surface area contributed by atoms with E-state index in [1.54, 1.807) is 0 Å². The molecule has 1 N–H and O–H groups in total. The first kappa shape index (κ1) is 16.0. The van der Waals surface area contributed by atoms with Crippen molar-refractivity contribution in [3.05, 3.63) is 29.8 Å². The Morgan fingerprint density at radius 2 is 1.79 bits per heavy atom. The summed E-state index contributed by atoms with van der Waals surface area (Å²) in [5.74, 6) is 0.158. The zero-order valence-electron chi connectivity index (χ0n) is 12.1. The molecule has 1 rings (SSSR count). The highest BCUT2D eigenvalue weighted by atomic mass is 32.2. The number of benzene rings is 1. The van der Waals surface area contributed by atoms with Gasteiger partial charge >= 0.3 is 0 Å². The van der Waals surface area contributed by atoms with Gasteiger partial charge in [-0.1, -0.05) is 31.9 Å². The van der Waals surface area contributed by atoms with Gasteiger partial charge in [0.15, 0.2) is 0 Å². The van der Waals surface area contributed by atoms with Crippen LogP contribution in [0, 0.1) is 0 Å². The Morgan fingerprint density at radius 3 is 2.32 bits per heavy atom. The quantitative estimate of drug-likeness (QED) is 0.745. The van der Waals surface area contributed by atoms with E-state index in [-0.39, 0.29) is 11.8 Å². The molecule has 19 heavy (non-hydrogen) atoms. The van der Waals surface area contributed by atoms with Crippen molar-refractivity contribution in [1.82, 2.24) is 0 Å². The van der Waals surface area contributed by atoms with Crippen LogP contribution in [0.25, 0.3) is 0 Å². The van der Waals surface area contributed by atoms with Gasteiger partial charge in [0.2, 0.25) is 0 Å². The molecular formula is C15H25NO2S. The largest absolute Gasteiger partial charge is 0.382 e. The van der Waals surface area contributed by atoms with Crippen LogP contribution in [0.2, 0.25) is 0 Å². The van der Waals surface area contributed by atoms with Crippen molar-refractivity contribution in [1.29, 1.82) is 0 Å². The molecule has 0 aliphatic rings. The minimum atomic E-state index is -2.93. The second-order valence-electron chi connectivity index (χ2n) is 5.29. The lowest BCUT2D eigenvalue weighted by atomic mass is 10.1. The molecule has 0 saturated carbocycles. The van der Waals surface area contributed by atoms with Gasteiger partial charge in [-0.3, -0.25) is 0 Å². The molecule has 0 saturated heterocycles. The Hall–Kier alpha value is -1.03. The first-order chi connectivity index (χ1) is 8.90. The minimum Gasteiger partial charge on any atom is -0.382 e. The second kappa shape index (κ2) is 7.53. The molecule has 1 aromatic carbocycles. The summed E-state index contributed by atoms with van der Waals surface area (Å²) < 4.78 is 22.4. The van der Waals surface area contributed by atoms with Crippen LogP contribution in [-0.4, -0.2) is 26.5 Å². The minimum absolute atomic E-state index is 0.0686. The van der Waals surface area contributed by atoms with Crippen LogP contribution in [0.4, 0.5) is 5.69 Å². The molecule has 0 aliphatic carbocycles. The molecule has 0 bridgehead atoms. The molecule has 1 unspecified atom stereocenters. The highest BCUT2D eigenvalue weighted by Gasteiger charge is 2.09. The van der Waals surface area contributed by atoms with Crippen molar-refractivity contribution in [3.8, 4) is 0 Å². The third-order valence-corrected chi connectivity index (χ3v) is 4.09. The van der Waals surface area contributed by atoms with Gasteiger partial charge < -0.3 is 5.32 Å². The molecule has 0 amide bonds. The van der Waals surface area contributed by atoms with Crippen LogP contribution < -0.4 is 5.32 Å². The van der Waals surface area contributed by atoms with Crippen LogP contribution in [0.5, 0.6) is 0 Å².